The number of primary amides is 1. The van der Waals surface area contributed by atoms with Crippen LogP contribution in [0.15, 0.2) is 0 Å². The summed E-state index contributed by atoms with van der Waals surface area (Å²) in [6.45, 7) is 3.02. The monoisotopic (exact) mass is 253 g/mol. The van der Waals surface area contributed by atoms with E-state index in [1.165, 1.54) is 32.1 Å². The minimum absolute atomic E-state index is 0.208. The summed E-state index contributed by atoms with van der Waals surface area (Å²) in [7, 11) is 2.19. The third kappa shape index (κ3) is 3.45. The van der Waals surface area contributed by atoms with Crippen LogP contribution in [0.3, 0.4) is 0 Å². The molecule has 0 aliphatic heterocycles. The van der Waals surface area contributed by atoms with Crippen LogP contribution in [-0.4, -0.2) is 42.0 Å². The molecule has 2 aliphatic carbocycles. The molecule has 3 N–H and O–H groups in total. The van der Waals surface area contributed by atoms with Crippen molar-refractivity contribution in [1.29, 1.82) is 0 Å². The van der Waals surface area contributed by atoms with E-state index >= 15 is 0 Å². The van der Waals surface area contributed by atoms with Gasteiger partial charge in [-0.3, -0.25) is 4.79 Å². The Hall–Kier alpha value is -0.610. The number of nitrogens with zero attached hydrogens (tertiary/aromatic N) is 1. The maximum Gasteiger partial charge on any atom is 0.237 e. The van der Waals surface area contributed by atoms with E-state index in [-0.39, 0.29) is 5.91 Å². The third-order valence-electron chi connectivity index (χ3n) is 4.53. The predicted molar refractivity (Wildman–Crippen MR) is 73.3 cm³/mol. The number of hydrogen-bond acceptors (Lipinski definition) is 3. The fourth-order valence-corrected chi connectivity index (χ4v) is 2.64. The van der Waals surface area contributed by atoms with E-state index in [9.17, 15) is 4.79 Å². The second-order valence-corrected chi connectivity index (χ2v) is 6.28. The molecule has 0 saturated heterocycles. The van der Waals surface area contributed by atoms with Crippen molar-refractivity contribution < 1.29 is 4.79 Å². The first kappa shape index (κ1) is 13.8. The third-order valence-corrected chi connectivity index (χ3v) is 4.53. The van der Waals surface area contributed by atoms with Crippen molar-refractivity contribution in [2.24, 2.45) is 5.73 Å². The Balaban J connectivity index is 1.72. The van der Waals surface area contributed by atoms with E-state index in [1.807, 2.05) is 6.92 Å². The number of nitrogens with one attached hydrogen (secondary N) is 1. The first-order valence-corrected chi connectivity index (χ1v) is 7.29. The van der Waals surface area contributed by atoms with Gasteiger partial charge in [0.25, 0.3) is 0 Å². The number of carbonyl (C=O) groups excluding carboxylic acids is 1. The summed E-state index contributed by atoms with van der Waals surface area (Å²) in [4.78, 5) is 14.0. The molecule has 1 unspecified atom stereocenters. The average Bonchev–Trinajstić information content (AvgIpc) is 2.98. The van der Waals surface area contributed by atoms with Gasteiger partial charge < -0.3 is 16.0 Å². The van der Waals surface area contributed by atoms with E-state index in [2.05, 4.69) is 17.3 Å². The largest absolute Gasteiger partial charge is 0.368 e. The first-order valence-electron chi connectivity index (χ1n) is 7.29. The van der Waals surface area contributed by atoms with Crippen LogP contribution in [0.1, 0.15) is 51.9 Å². The number of nitrogens with two attached hydrogens (primary N) is 1. The van der Waals surface area contributed by atoms with Crippen LogP contribution in [0.4, 0.5) is 0 Å². The Morgan fingerprint density at radius 1 is 1.39 bits per heavy atom. The van der Waals surface area contributed by atoms with Crippen molar-refractivity contribution in [2.75, 3.05) is 13.6 Å². The van der Waals surface area contributed by atoms with E-state index in [1.54, 1.807) is 0 Å². The molecule has 0 radical (unpaired) electrons. The van der Waals surface area contributed by atoms with Gasteiger partial charge in [-0.1, -0.05) is 6.42 Å². The number of carbonyl (C=O) groups is 1. The van der Waals surface area contributed by atoms with Crippen LogP contribution in [0.25, 0.3) is 0 Å². The molecule has 4 heteroatoms. The van der Waals surface area contributed by atoms with Crippen LogP contribution in [-0.2, 0) is 4.79 Å². The Labute approximate surface area is 110 Å². The highest BCUT2D eigenvalue weighted by molar-refractivity contribution is 5.84. The molecule has 0 aromatic heterocycles. The lowest BCUT2D eigenvalue weighted by molar-refractivity contribution is -0.124. The van der Waals surface area contributed by atoms with Crippen molar-refractivity contribution >= 4 is 5.91 Å². The van der Waals surface area contributed by atoms with Gasteiger partial charge in [0.15, 0.2) is 0 Å². The lowest BCUT2D eigenvalue weighted by Crippen LogP contribution is -2.54. The van der Waals surface area contributed by atoms with E-state index in [0.29, 0.717) is 6.04 Å². The normalized spacial score (nSPS) is 23.7. The Kier molecular flexibility index (Phi) is 4.28. The second kappa shape index (κ2) is 5.57. The molecule has 0 heterocycles. The average molecular weight is 253 g/mol. The smallest absolute Gasteiger partial charge is 0.237 e. The lowest BCUT2D eigenvalue weighted by atomic mass is 9.90. The summed E-state index contributed by atoms with van der Waals surface area (Å²) in [5, 5.41) is 3.40. The van der Waals surface area contributed by atoms with Crippen LogP contribution in [0.2, 0.25) is 0 Å². The molecule has 2 aliphatic rings. The van der Waals surface area contributed by atoms with Gasteiger partial charge in [-0.05, 0) is 59.0 Å². The summed E-state index contributed by atoms with van der Waals surface area (Å²) in [5.41, 5.74) is 5.03. The molecule has 0 bridgehead atoms. The zero-order valence-corrected chi connectivity index (χ0v) is 11.7. The molecule has 1 atom stereocenters. The highest BCUT2D eigenvalue weighted by atomic mass is 16.1. The van der Waals surface area contributed by atoms with Gasteiger partial charge in [0, 0.05) is 12.1 Å². The zero-order valence-electron chi connectivity index (χ0n) is 11.7. The maximum atomic E-state index is 11.6. The highest BCUT2D eigenvalue weighted by Crippen LogP contribution is 2.26. The molecule has 2 rings (SSSR count). The molecule has 0 aromatic rings. The van der Waals surface area contributed by atoms with Gasteiger partial charge in [0.1, 0.15) is 0 Å². The fourth-order valence-electron chi connectivity index (χ4n) is 2.64. The Bertz CT molecular complexity index is 299. The van der Waals surface area contributed by atoms with Gasteiger partial charge in [0.05, 0.1) is 5.54 Å². The van der Waals surface area contributed by atoms with Crippen LogP contribution in [0.5, 0.6) is 0 Å². The minimum Gasteiger partial charge on any atom is -0.368 e. The number of hydrogen-bond donors (Lipinski definition) is 2. The van der Waals surface area contributed by atoms with Crippen LogP contribution >= 0.6 is 0 Å². The molecule has 2 saturated carbocycles. The summed E-state index contributed by atoms with van der Waals surface area (Å²) >= 11 is 0. The molecule has 104 valence electrons. The van der Waals surface area contributed by atoms with Crippen LogP contribution < -0.4 is 11.1 Å². The fraction of sp³-hybridized carbons (Fsp3) is 0.929. The Morgan fingerprint density at radius 2 is 2.06 bits per heavy atom. The zero-order chi connectivity index (χ0) is 13.2. The van der Waals surface area contributed by atoms with Crippen molar-refractivity contribution in [3.8, 4) is 0 Å². The Morgan fingerprint density at radius 3 is 2.50 bits per heavy atom. The molecular formula is C14H27N3O. The number of rotatable bonds is 8. The second-order valence-electron chi connectivity index (χ2n) is 6.28. The summed E-state index contributed by atoms with van der Waals surface area (Å²) < 4.78 is 0. The number of amides is 1. The topological polar surface area (TPSA) is 58.4 Å². The SMILES string of the molecule is CN(CCCC(C)(NC1CC1)C(N)=O)C1CCC1. The minimum atomic E-state index is -0.512. The van der Waals surface area contributed by atoms with Gasteiger partial charge in [-0.15, -0.1) is 0 Å². The molecule has 0 aromatic carbocycles. The predicted octanol–water partition coefficient (Wildman–Crippen LogP) is 1.25. The van der Waals surface area contributed by atoms with Gasteiger partial charge in [0.2, 0.25) is 5.91 Å². The van der Waals surface area contributed by atoms with Crippen molar-refractivity contribution in [2.45, 2.75) is 69.5 Å². The molecule has 0 spiro atoms. The summed E-state index contributed by atoms with van der Waals surface area (Å²) in [5.74, 6) is -0.208. The summed E-state index contributed by atoms with van der Waals surface area (Å²) in [6.07, 6.45) is 8.29. The van der Waals surface area contributed by atoms with E-state index in [0.717, 1.165) is 25.4 Å². The molecule has 4 nitrogen and oxygen atoms in total. The maximum absolute atomic E-state index is 11.6. The van der Waals surface area contributed by atoms with Gasteiger partial charge in [-0.2, -0.15) is 0 Å². The van der Waals surface area contributed by atoms with Crippen molar-refractivity contribution in [1.82, 2.24) is 10.2 Å². The van der Waals surface area contributed by atoms with E-state index < -0.39 is 5.54 Å². The molecule has 1 amide bonds. The van der Waals surface area contributed by atoms with Crippen LogP contribution in [0, 0.1) is 0 Å². The van der Waals surface area contributed by atoms with Crippen molar-refractivity contribution in [3.05, 3.63) is 0 Å². The van der Waals surface area contributed by atoms with E-state index in [4.69, 9.17) is 5.73 Å². The van der Waals surface area contributed by atoms with Crippen molar-refractivity contribution in [3.63, 3.8) is 0 Å². The first-order chi connectivity index (χ1) is 8.51. The lowest BCUT2D eigenvalue weighted by Gasteiger charge is -2.35. The molecule has 2 fully saturated rings. The molecule has 18 heavy (non-hydrogen) atoms. The molecular weight excluding hydrogens is 226 g/mol. The van der Waals surface area contributed by atoms with Gasteiger partial charge in [-0.25, -0.2) is 0 Å². The highest BCUT2D eigenvalue weighted by Gasteiger charge is 2.36. The standard InChI is InChI=1S/C14H27N3O/c1-14(13(15)18,16-11-7-8-11)9-4-10-17(2)12-5-3-6-12/h11-12,16H,3-10H2,1-2H3,(H2,15,18). The quantitative estimate of drug-likeness (QED) is 0.684. The summed E-state index contributed by atoms with van der Waals surface area (Å²) in [6, 6.07) is 1.30. The van der Waals surface area contributed by atoms with Gasteiger partial charge >= 0.3 is 0 Å².